The molecule has 14 heavy (non-hydrogen) atoms. The van der Waals surface area contributed by atoms with Gasteiger partial charge in [0.15, 0.2) is 5.89 Å². The maximum atomic E-state index is 5.69. The minimum absolute atomic E-state index is 0.653. The predicted octanol–water partition coefficient (Wildman–Crippen LogP) is 1.95. The second-order valence-electron chi connectivity index (χ2n) is 4.18. The zero-order valence-electron chi connectivity index (χ0n) is 8.92. The molecule has 1 N–H and O–H groups in total. The zero-order valence-corrected chi connectivity index (χ0v) is 8.92. The smallest absolute Gasteiger partial charge is 0.194 e. The Bertz CT molecular complexity index is 295. The molecule has 2 atom stereocenters. The largest absolute Gasteiger partial charge is 0.445 e. The molecule has 78 valence electrons. The van der Waals surface area contributed by atoms with Gasteiger partial charge in [-0.05, 0) is 32.4 Å². The van der Waals surface area contributed by atoms with Crippen molar-refractivity contribution in [1.29, 1.82) is 0 Å². The lowest BCUT2D eigenvalue weighted by molar-refractivity contribution is 0.445. The Hall–Kier alpha value is -0.830. The molecule has 0 spiro atoms. The topological polar surface area (TPSA) is 38.1 Å². The van der Waals surface area contributed by atoms with Gasteiger partial charge in [0.2, 0.25) is 0 Å². The van der Waals surface area contributed by atoms with Crippen LogP contribution in [0.3, 0.4) is 0 Å². The monoisotopic (exact) mass is 194 g/mol. The van der Waals surface area contributed by atoms with Crippen LogP contribution in [0.5, 0.6) is 0 Å². The highest BCUT2D eigenvalue weighted by Gasteiger charge is 2.36. The van der Waals surface area contributed by atoms with E-state index in [9.17, 15) is 0 Å². The van der Waals surface area contributed by atoms with Crippen molar-refractivity contribution in [1.82, 2.24) is 10.3 Å². The van der Waals surface area contributed by atoms with Crippen molar-refractivity contribution in [2.75, 3.05) is 13.6 Å². The first-order valence-corrected chi connectivity index (χ1v) is 5.40. The molecule has 1 heterocycles. The lowest BCUT2D eigenvalue weighted by atomic mass is 10.3. The summed E-state index contributed by atoms with van der Waals surface area (Å²) in [6, 6.07) is 0. The molecule has 0 aliphatic heterocycles. The Balaban J connectivity index is 1.84. The van der Waals surface area contributed by atoms with Crippen molar-refractivity contribution in [3.8, 4) is 0 Å². The van der Waals surface area contributed by atoms with Crippen molar-refractivity contribution >= 4 is 0 Å². The number of aromatic nitrogens is 1. The van der Waals surface area contributed by atoms with Crippen LogP contribution in [0.4, 0.5) is 0 Å². The van der Waals surface area contributed by atoms with Crippen molar-refractivity contribution in [2.24, 2.45) is 5.92 Å². The van der Waals surface area contributed by atoms with Gasteiger partial charge in [-0.25, -0.2) is 4.98 Å². The van der Waals surface area contributed by atoms with Crippen molar-refractivity contribution in [2.45, 2.75) is 32.1 Å². The summed E-state index contributed by atoms with van der Waals surface area (Å²) in [6.45, 7) is 3.28. The van der Waals surface area contributed by atoms with Crippen LogP contribution < -0.4 is 5.32 Å². The Morgan fingerprint density at radius 1 is 1.64 bits per heavy atom. The summed E-state index contributed by atoms with van der Waals surface area (Å²) in [5.41, 5.74) is 0. The minimum atomic E-state index is 0.653. The Morgan fingerprint density at radius 2 is 2.43 bits per heavy atom. The molecule has 3 nitrogen and oxygen atoms in total. The SMILES string of the molecule is CNCCCc1ncc(C2CC2C)o1. The quantitative estimate of drug-likeness (QED) is 0.728. The molecule has 1 fully saturated rings. The average molecular weight is 194 g/mol. The van der Waals surface area contributed by atoms with E-state index in [0.29, 0.717) is 5.92 Å². The fourth-order valence-corrected chi connectivity index (χ4v) is 1.75. The molecule has 0 saturated heterocycles. The van der Waals surface area contributed by atoms with E-state index in [1.807, 2.05) is 13.2 Å². The van der Waals surface area contributed by atoms with Crippen LogP contribution >= 0.6 is 0 Å². The average Bonchev–Trinajstić information content (AvgIpc) is 2.74. The summed E-state index contributed by atoms with van der Waals surface area (Å²) >= 11 is 0. The third-order valence-corrected chi connectivity index (χ3v) is 2.86. The highest BCUT2D eigenvalue weighted by Crippen LogP contribution is 2.46. The van der Waals surface area contributed by atoms with Gasteiger partial charge >= 0.3 is 0 Å². The molecule has 1 saturated carbocycles. The van der Waals surface area contributed by atoms with Gasteiger partial charge in [0, 0.05) is 12.3 Å². The molecule has 0 amide bonds. The van der Waals surface area contributed by atoms with E-state index in [-0.39, 0.29) is 0 Å². The highest BCUT2D eigenvalue weighted by atomic mass is 16.4. The summed E-state index contributed by atoms with van der Waals surface area (Å²) in [4.78, 5) is 4.29. The third kappa shape index (κ3) is 2.15. The van der Waals surface area contributed by atoms with Crippen molar-refractivity contribution < 1.29 is 4.42 Å². The normalized spacial score (nSPS) is 25.3. The molecular weight excluding hydrogens is 176 g/mol. The van der Waals surface area contributed by atoms with Crippen LogP contribution in [-0.2, 0) is 6.42 Å². The molecule has 0 aromatic carbocycles. The molecule has 2 rings (SSSR count). The summed E-state index contributed by atoms with van der Waals surface area (Å²) in [5, 5.41) is 3.12. The van der Waals surface area contributed by atoms with Gasteiger partial charge in [-0.3, -0.25) is 0 Å². The molecule has 1 aromatic heterocycles. The maximum absolute atomic E-state index is 5.69. The molecule has 0 radical (unpaired) electrons. The van der Waals surface area contributed by atoms with Gasteiger partial charge < -0.3 is 9.73 Å². The molecule has 1 aromatic rings. The van der Waals surface area contributed by atoms with E-state index in [1.54, 1.807) is 0 Å². The van der Waals surface area contributed by atoms with Gasteiger partial charge in [-0.1, -0.05) is 6.92 Å². The van der Waals surface area contributed by atoms with E-state index in [0.717, 1.165) is 37.0 Å². The lowest BCUT2D eigenvalue weighted by Crippen LogP contribution is -2.08. The van der Waals surface area contributed by atoms with Gasteiger partial charge in [0.1, 0.15) is 5.76 Å². The second kappa shape index (κ2) is 4.13. The van der Waals surface area contributed by atoms with E-state index >= 15 is 0 Å². The van der Waals surface area contributed by atoms with Crippen molar-refractivity contribution in [3.63, 3.8) is 0 Å². The first-order chi connectivity index (χ1) is 6.81. The van der Waals surface area contributed by atoms with Crippen LogP contribution in [0.25, 0.3) is 0 Å². The Labute approximate surface area is 84.9 Å². The van der Waals surface area contributed by atoms with E-state index < -0.39 is 0 Å². The molecule has 2 unspecified atom stereocenters. The van der Waals surface area contributed by atoms with E-state index in [2.05, 4.69) is 17.2 Å². The molecule has 1 aliphatic rings. The maximum Gasteiger partial charge on any atom is 0.194 e. The standard InChI is InChI=1S/C11H18N2O/c1-8-6-9(8)10-7-13-11(14-10)4-3-5-12-2/h7-9,12H,3-6H2,1-2H3. The van der Waals surface area contributed by atoms with Crippen LogP contribution in [0.1, 0.15) is 37.3 Å². The first-order valence-electron chi connectivity index (χ1n) is 5.40. The number of hydrogen-bond acceptors (Lipinski definition) is 3. The van der Waals surface area contributed by atoms with Crippen LogP contribution in [0.15, 0.2) is 10.6 Å². The molecule has 1 aliphatic carbocycles. The second-order valence-corrected chi connectivity index (χ2v) is 4.18. The summed E-state index contributed by atoms with van der Waals surface area (Å²) in [7, 11) is 1.97. The number of oxazole rings is 1. The summed E-state index contributed by atoms with van der Waals surface area (Å²) < 4.78 is 5.69. The molecule has 0 bridgehead atoms. The van der Waals surface area contributed by atoms with Gasteiger partial charge in [-0.2, -0.15) is 0 Å². The summed E-state index contributed by atoms with van der Waals surface area (Å²) in [6.07, 6.45) is 5.21. The highest BCUT2D eigenvalue weighted by molar-refractivity contribution is 5.11. The van der Waals surface area contributed by atoms with Crippen LogP contribution in [0.2, 0.25) is 0 Å². The number of rotatable bonds is 5. The van der Waals surface area contributed by atoms with Gasteiger partial charge in [0.05, 0.1) is 6.20 Å². The van der Waals surface area contributed by atoms with E-state index in [4.69, 9.17) is 4.42 Å². The summed E-state index contributed by atoms with van der Waals surface area (Å²) in [5.74, 6) is 3.44. The van der Waals surface area contributed by atoms with Gasteiger partial charge in [-0.15, -0.1) is 0 Å². The number of hydrogen-bond donors (Lipinski definition) is 1. The van der Waals surface area contributed by atoms with Crippen LogP contribution in [0, 0.1) is 5.92 Å². The Kier molecular flexibility index (Phi) is 2.87. The van der Waals surface area contributed by atoms with Gasteiger partial charge in [0.25, 0.3) is 0 Å². The van der Waals surface area contributed by atoms with Crippen LogP contribution in [-0.4, -0.2) is 18.6 Å². The number of nitrogens with zero attached hydrogens (tertiary/aromatic N) is 1. The number of nitrogens with one attached hydrogen (secondary N) is 1. The first kappa shape index (κ1) is 9.71. The fraction of sp³-hybridized carbons (Fsp3) is 0.727. The zero-order chi connectivity index (χ0) is 9.97. The fourth-order valence-electron chi connectivity index (χ4n) is 1.75. The predicted molar refractivity (Wildman–Crippen MR) is 55.3 cm³/mol. The van der Waals surface area contributed by atoms with Crippen molar-refractivity contribution in [3.05, 3.63) is 17.8 Å². The van der Waals surface area contributed by atoms with E-state index in [1.165, 1.54) is 6.42 Å². The lowest BCUT2D eigenvalue weighted by Gasteiger charge is -1.95. The Morgan fingerprint density at radius 3 is 3.07 bits per heavy atom. The molecular formula is C11H18N2O. The third-order valence-electron chi connectivity index (χ3n) is 2.86. The number of aryl methyl sites for hydroxylation is 1. The molecule has 3 heteroatoms. The minimum Gasteiger partial charge on any atom is -0.445 e.